The summed E-state index contributed by atoms with van der Waals surface area (Å²) in [6, 6.07) is 20.8. The molecule has 0 spiro atoms. The highest BCUT2D eigenvalue weighted by Crippen LogP contribution is 2.18. The van der Waals surface area contributed by atoms with Gasteiger partial charge in [0.2, 0.25) is 0 Å². The number of hydrogen-bond acceptors (Lipinski definition) is 3. The SMILES string of the molecule is O=C(N/N=C\c1ccc(I)cc1)C(=O)Nc1ccc2ccccc2c1. The van der Waals surface area contributed by atoms with Crippen LogP contribution in [0.25, 0.3) is 10.8 Å². The molecule has 2 N–H and O–H groups in total. The van der Waals surface area contributed by atoms with Crippen molar-refractivity contribution >= 4 is 57.1 Å². The molecule has 2 amide bonds. The second kappa shape index (κ2) is 7.89. The van der Waals surface area contributed by atoms with Crippen LogP contribution in [0.3, 0.4) is 0 Å². The van der Waals surface area contributed by atoms with Crippen molar-refractivity contribution in [1.29, 1.82) is 0 Å². The van der Waals surface area contributed by atoms with Crippen LogP contribution in [0.4, 0.5) is 5.69 Å². The molecule has 0 atom stereocenters. The molecule has 5 nitrogen and oxygen atoms in total. The summed E-state index contributed by atoms with van der Waals surface area (Å²) < 4.78 is 1.11. The molecule has 0 unspecified atom stereocenters. The highest BCUT2D eigenvalue weighted by Gasteiger charge is 2.12. The maximum absolute atomic E-state index is 11.9. The van der Waals surface area contributed by atoms with Gasteiger partial charge < -0.3 is 5.32 Å². The van der Waals surface area contributed by atoms with Crippen molar-refractivity contribution in [2.45, 2.75) is 0 Å². The summed E-state index contributed by atoms with van der Waals surface area (Å²) in [5.41, 5.74) is 3.60. The lowest BCUT2D eigenvalue weighted by atomic mass is 10.1. The summed E-state index contributed by atoms with van der Waals surface area (Å²) in [6.45, 7) is 0. The van der Waals surface area contributed by atoms with E-state index in [0.29, 0.717) is 5.69 Å². The average molecular weight is 443 g/mol. The van der Waals surface area contributed by atoms with Gasteiger partial charge in [0.05, 0.1) is 6.21 Å². The standard InChI is InChI=1S/C19H14IN3O2/c20-16-8-5-13(6-9-16)12-21-23-19(25)18(24)22-17-10-7-14-3-1-2-4-15(14)11-17/h1-12H,(H,22,24)(H,23,25)/b21-12-. The van der Waals surface area contributed by atoms with Gasteiger partial charge in [-0.25, -0.2) is 5.43 Å². The molecule has 3 aromatic rings. The Hall–Kier alpha value is -2.74. The minimum absolute atomic E-state index is 0.556. The number of benzene rings is 3. The van der Waals surface area contributed by atoms with Gasteiger partial charge in [0, 0.05) is 9.26 Å². The summed E-state index contributed by atoms with van der Waals surface area (Å²) in [5.74, 6) is -1.59. The van der Waals surface area contributed by atoms with Gasteiger partial charge in [0.1, 0.15) is 0 Å². The first-order chi connectivity index (χ1) is 12.1. The Bertz CT molecular complexity index is 952. The predicted molar refractivity (Wildman–Crippen MR) is 107 cm³/mol. The fourth-order valence-electron chi connectivity index (χ4n) is 2.22. The van der Waals surface area contributed by atoms with Crippen molar-refractivity contribution in [3.05, 3.63) is 75.9 Å². The van der Waals surface area contributed by atoms with E-state index < -0.39 is 11.8 Å². The molecule has 3 aromatic carbocycles. The number of anilines is 1. The number of carbonyl (C=O) groups is 2. The smallest absolute Gasteiger partial charge is 0.318 e. The molecule has 0 aliphatic rings. The molecular formula is C19H14IN3O2. The van der Waals surface area contributed by atoms with E-state index in [0.717, 1.165) is 19.9 Å². The van der Waals surface area contributed by atoms with Crippen LogP contribution >= 0.6 is 22.6 Å². The Morgan fingerprint density at radius 2 is 1.60 bits per heavy atom. The number of carbonyl (C=O) groups excluding carboxylic acids is 2. The third-order valence-corrected chi connectivity index (χ3v) is 4.18. The molecule has 0 aliphatic carbocycles. The molecule has 0 radical (unpaired) electrons. The van der Waals surface area contributed by atoms with E-state index in [1.54, 1.807) is 6.07 Å². The van der Waals surface area contributed by atoms with Crippen LogP contribution in [-0.2, 0) is 9.59 Å². The summed E-state index contributed by atoms with van der Waals surface area (Å²) in [7, 11) is 0. The molecule has 124 valence electrons. The second-order valence-electron chi connectivity index (χ2n) is 5.27. The van der Waals surface area contributed by atoms with E-state index in [4.69, 9.17) is 0 Å². The highest BCUT2D eigenvalue weighted by atomic mass is 127. The molecule has 0 saturated heterocycles. The predicted octanol–water partition coefficient (Wildman–Crippen LogP) is 3.53. The lowest BCUT2D eigenvalue weighted by molar-refractivity contribution is -0.136. The lowest BCUT2D eigenvalue weighted by Gasteiger charge is -2.05. The first-order valence-electron chi connectivity index (χ1n) is 7.50. The number of hydrogen-bond donors (Lipinski definition) is 2. The van der Waals surface area contributed by atoms with Gasteiger partial charge in [0.15, 0.2) is 0 Å². The Labute approximate surface area is 158 Å². The van der Waals surface area contributed by atoms with E-state index in [9.17, 15) is 9.59 Å². The van der Waals surface area contributed by atoms with Gasteiger partial charge in [-0.1, -0.05) is 42.5 Å². The number of halogens is 1. The van der Waals surface area contributed by atoms with Crippen LogP contribution in [0.5, 0.6) is 0 Å². The molecule has 6 heteroatoms. The minimum Gasteiger partial charge on any atom is -0.318 e. The monoisotopic (exact) mass is 443 g/mol. The Kier molecular flexibility index (Phi) is 5.39. The van der Waals surface area contributed by atoms with Gasteiger partial charge in [-0.3, -0.25) is 9.59 Å². The fraction of sp³-hybridized carbons (Fsp3) is 0. The van der Waals surface area contributed by atoms with E-state index in [1.165, 1.54) is 6.21 Å². The van der Waals surface area contributed by atoms with Crippen molar-refractivity contribution in [1.82, 2.24) is 5.43 Å². The number of hydrazone groups is 1. The van der Waals surface area contributed by atoms with Crippen molar-refractivity contribution in [3.8, 4) is 0 Å². The summed E-state index contributed by atoms with van der Waals surface area (Å²) in [4.78, 5) is 23.8. The Morgan fingerprint density at radius 3 is 2.36 bits per heavy atom. The normalized spacial score (nSPS) is 10.8. The van der Waals surface area contributed by atoms with Crippen molar-refractivity contribution < 1.29 is 9.59 Å². The van der Waals surface area contributed by atoms with Crippen LogP contribution in [-0.4, -0.2) is 18.0 Å². The van der Waals surface area contributed by atoms with Crippen LogP contribution in [0, 0.1) is 3.57 Å². The van der Waals surface area contributed by atoms with Crippen molar-refractivity contribution in [2.24, 2.45) is 5.10 Å². The van der Waals surface area contributed by atoms with Crippen molar-refractivity contribution in [3.63, 3.8) is 0 Å². The zero-order chi connectivity index (χ0) is 17.6. The first kappa shape index (κ1) is 17.1. The molecule has 0 heterocycles. The fourth-order valence-corrected chi connectivity index (χ4v) is 2.58. The maximum atomic E-state index is 11.9. The summed E-state index contributed by atoms with van der Waals surface area (Å²) in [6.07, 6.45) is 1.48. The molecule has 0 aromatic heterocycles. The third kappa shape index (κ3) is 4.63. The largest absolute Gasteiger partial charge is 0.329 e. The van der Waals surface area contributed by atoms with Gasteiger partial charge in [0.25, 0.3) is 0 Å². The molecule has 3 rings (SSSR count). The third-order valence-electron chi connectivity index (χ3n) is 3.46. The van der Waals surface area contributed by atoms with E-state index >= 15 is 0 Å². The molecule has 0 bridgehead atoms. The number of nitrogens with one attached hydrogen (secondary N) is 2. The average Bonchev–Trinajstić information content (AvgIpc) is 2.63. The number of fused-ring (bicyclic) bond motifs is 1. The molecule has 25 heavy (non-hydrogen) atoms. The van der Waals surface area contributed by atoms with Crippen LogP contribution in [0.15, 0.2) is 71.8 Å². The Balaban J connectivity index is 1.59. The van der Waals surface area contributed by atoms with Gasteiger partial charge in [-0.2, -0.15) is 5.10 Å². The van der Waals surface area contributed by atoms with E-state index in [-0.39, 0.29) is 0 Å². The van der Waals surface area contributed by atoms with E-state index in [2.05, 4.69) is 38.4 Å². The Morgan fingerprint density at radius 1 is 0.880 bits per heavy atom. The van der Waals surface area contributed by atoms with Gasteiger partial charge in [-0.05, 0) is 63.2 Å². The van der Waals surface area contributed by atoms with Crippen LogP contribution < -0.4 is 10.7 Å². The summed E-state index contributed by atoms with van der Waals surface area (Å²) >= 11 is 2.20. The first-order valence-corrected chi connectivity index (χ1v) is 8.58. The zero-order valence-electron chi connectivity index (χ0n) is 13.1. The number of rotatable bonds is 3. The minimum atomic E-state index is -0.824. The zero-order valence-corrected chi connectivity index (χ0v) is 15.2. The number of nitrogens with zero attached hydrogens (tertiary/aromatic N) is 1. The quantitative estimate of drug-likeness (QED) is 0.282. The van der Waals surface area contributed by atoms with Crippen LogP contribution in [0.1, 0.15) is 5.56 Å². The highest BCUT2D eigenvalue weighted by molar-refractivity contribution is 14.1. The van der Waals surface area contributed by atoms with Crippen molar-refractivity contribution in [2.75, 3.05) is 5.32 Å². The lowest BCUT2D eigenvalue weighted by Crippen LogP contribution is -2.32. The number of amides is 2. The second-order valence-corrected chi connectivity index (χ2v) is 6.51. The van der Waals surface area contributed by atoms with E-state index in [1.807, 2.05) is 60.7 Å². The molecular weight excluding hydrogens is 429 g/mol. The van der Waals surface area contributed by atoms with Crippen LogP contribution in [0.2, 0.25) is 0 Å². The molecule has 0 aliphatic heterocycles. The topological polar surface area (TPSA) is 70.6 Å². The van der Waals surface area contributed by atoms with Gasteiger partial charge >= 0.3 is 11.8 Å². The van der Waals surface area contributed by atoms with Gasteiger partial charge in [-0.15, -0.1) is 0 Å². The maximum Gasteiger partial charge on any atom is 0.329 e. The summed E-state index contributed by atoms with van der Waals surface area (Å²) in [5, 5.41) is 8.41. The molecule has 0 saturated carbocycles. The molecule has 0 fully saturated rings.